The molecule has 0 unspecified atom stereocenters. The zero-order valence-electron chi connectivity index (χ0n) is 15.9. The number of nitrogen functional groups attached to an aromatic ring is 1. The van der Waals surface area contributed by atoms with Crippen molar-refractivity contribution >= 4 is 63.1 Å². The summed E-state index contributed by atoms with van der Waals surface area (Å²) in [5.41, 5.74) is 2.41. The molecule has 4 N–H and O–H groups in total. The fourth-order valence-electron chi connectivity index (χ4n) is 2.31. The Kier molecular flexibility index (Phi) is 7.64. The number of alkyl halides is 3. The van der Waals surface area contributed by atoms with Crippen LogP contribution >= 0.6 is 39.3 Å². The standard InChI is InChI=1S/C18H14BrClF3N7OS/c19-11-3-1-10(2-4-11)8-25-27-16-28-29-17(30(16)24)32-9-15(31)26-12-5-6-14(20)13(7-12)18(21,22)23/h1-8H,9,24H2,(H,26,31)(H,27,28)/b25-8+. The second kappa shape index (κ2) is 10.2. The predicted molar refractivity (Wildman–Crippen MR) is 121 cm³/mol. The third-order valence-corrected chi connectivity index (χ3v) is 5.60. The van der Waals surface area contributed by atoms with E-state index >= 15 is 0 Å². The highest BCUT2D eigenvalue weighted by Gasteiger charge is 2.33. The van der Waals surface area contributed by atoms with Gasteiger partial charge in [-0.25, -0.2) is 10.1 Å². The third kappa shape index (κ3) is 6.37. The molecule has 0 saturated carbocycles. The number of carbonyl (C=O) groups is 1. The van der Waals surface area contributed by atoms with Gasteiger partial charge in [-0.3, -0.25) is 4.79 Å². The fourth-order valence-corrected chi connectivity index (χ4v) is 3.46. The maximum atomic E-state index is 12.9. The normalized spacial score (nSPS) is 11.7. The summed E-state index contributed by atoms with van der Waals surface area (Å²) in [6.07, 6.45) is -3.07. The van der Waals surface area contributed by atoms with Crippen LogP contribution in [0.2, 0.25) is 5.02 Å². The zero-order chi connectivity index (χ0) is 23.3. The molecule has 0 aliphatic heterocycles. The molecule has 0 spiro atoms. The van der Waals surface area contributed by atoms with Gasteiger partial charge in [-0.05, 0) is 35.9 Å². The van der Waals surface area contributed by atoms with Crippen LogP contribution in [0.3, 0.4) is 0 Å². The number of nitrogens with two attached hydrogens (primary N) is 1. The third-order valence-electron chi connectivity index (χ3n) is 3.80. The minimum atomic E-state index is -4.63. The summed E-state index contributed by atoms with van der Waals surface area (Å²) in [6, 6.07) is 10.5. The van der Waals surface area contributed by atoms with E-state index in [0.29, 0.717) is 0 Å². The second-order valence-corrected chi connectivity index (χ2v) is 8.39. The van der Waals surface area contributed by atoms with E-state index < -0.39 is 22.7 Å². The number of hydrogen-bond donors (Lipinski definition) is 3. The lowest BCUT2D eigenvalue weighted by atomic mass is 10.2. The molecule has 0 aliphatic rings. The lowest BCUT2D eigenvalue weighted by Gasteiger charge is -2.11. The molecular weight excluding hydrogens is 535 g/mol. The number of aromatic nitrogens is 3. The molecule has 0 atom stereocenters. The van der Waals surface area contributed by atoms with Crippen LogP contribution in [0.15, 0.2) is 57.2 Å². The average Bonchev–Trinajstić information content (AvgIpc) is 3.08. The molecule has 0 bridgehead atoms. The molecule has 3 rings (SSSR count). The maximum absolute atomic E-state index is 12.9. The van der Waals surface area contributed by atoms with E-state index in [0.717, 1.165) is 38.6 Å². The lowest BCUT2D eigenvalue weighted by Crippen LogP contribution is -2.17. The summed E-state index contributed by atoms with van der Waals surface area (Å²) < 4.78 is 40.8. The van der Waals surface area contributed by atoms with E-state index in [1.807, 2.05) is 24.3 Å². The van der Waals surface area contributed by atoms with Crippen molar-refractivity contribution in [2.75, 3.05) is 22.3 Å². The summed E-state index contributed by atoms with van der Waals surface area (Å²) in [5.74, 6) is 5.29. The largest absolute Gasteiger partial charge is 0.417 e. The molecule has 0 radical (unpaired) electrons. The van der Waals surface area contributed by atoms with E-state index in [-0.39, 0.29) is 22.5 Å². The molecule has 1 heterocycles. The van der Waals surface area contributed by atoms with Crippen molar-refractivity contribution in [3.8, 4) is 0 Å². The van der Waals surface area contributed by atoms with Gasteiger partial charge in [0.1, 0.15) is 0 Å². The highest BCUT2D eigenvalue weighted by atomic mass is 79.9. The number of rotatable bonds is 7. The SMILES string of the molecule is Nn1c(N/N=C/c2ccc(Br)cc2)nnc1SCC(=O)Nc1ccc(Cl)c(C(F)(F)F)c1. The Bertz CT molecular complexity index is 1140. The summed E-state index contributed by atoms with van der Waals surface area (Å²) >= 11 is 9.86. The minimum Gasteiger partial charge on any atom is -0.334 e. The van der Waals surface area contributed by atoms with Crippen molar-refractivity contribution in [2.24, 2.45) is 5.10 Å². The Morgan fingerprint density at radius 2 is 1.97 bits per heavy atom. The molecule has 0 saturated heterocycles. The lowest BCUT2D eigenvalue weighted by molar-refractivity contribution is -0.137. The van der Waals surface area contributed by atoms with Gasteiger partial charge in [0.2, 0.25) is 11.1 Å². The number of benzene rings is 2. The second-order valence-electron chi connectivity index (χ2n) is 6.13. The van der Waals surface area contributed by atoms with E-state index in [1.54, 1.807) is 6.21 Å². The van der Waals surface area contributed by atoms with Crippen molar-refractivity contribution in [1.29, 1.82) is 0 Å². The van der Waals surface area contributed by atoms with Crippen LogP contribution in [0.4, 0.5) is 24.8 Å². The van der Waals surface area contributed by atoms with Crippen molar-refractivity contribution in [3.63, 3.8) is 0 Å². The highest BCUT2D eigenvalue weighted by molar-refractivity contribution is 9.10. The first kappa shape index (κ1) is 23.9. The summed E-state index contributed by atoms with van der Waals surface area (Å²) in [5, 5.41) is 13.8. The first-order valence-electron chi connectivity index (χ1n) is 8.68. The predicted octanol–water partition coefficient (Wildman–Crippen LogP) is 4.60. The molecule has 2 aromatic carbocycles. The Hall–Kier alpha value is -2.77. The maximum Gasteiger partial charge on any atom is 0.417 e. The van der Waals surface area contributed by atoms with Crippen LogP contribution in [0.5, 0.6) is 0 Å². The van der Waals surface area contributed by atoms with Gasteiger partial charge < -0.3 is 11.2 Å². The first-order valence-corrected chi connectivity index (χ1v) is 10.8. The number of amides is 1. The Morgan fingerprint density at radius 1 is 1.25 bits per heavy atom. The molecule has 14 heteroatoms. The van der Waals surface area contributed by atoms with Crippen molar-refractivity contribution in [1.82, 2.24) is 14.9 Å². The van der Waals surface area contributed by atoms with Crippen molar-refractivity contribution in [2.45, 2.75) is 11.3 Å². The van der Waals surface area contributed by atoms with Gasteiger partial charge in [0.05, 0.1) is 22.6 Å². The van der Waals surface area contributed by atoms with Gasteiger partial charge in [-0.2, -0.15) is 18.3 Å². The number of hydrogen-bond acceptors (Lipinski definition) is 7. The van der Waals surface area contributed by atoms with E-state index in [1.165, 1.54) is 6.07 Å². The van der Waals surface area contributed by atoms with Crippen LogP contribution in [-0.4, -0.2) is 32.7 Å². The minimum absolute atomic E-state index is 0.0359. The molecule has 0 fully saturated rings. The summed E-state index contributed by atoms with van der Waals surface area (Å²) in [6.45, 7) is 0. The van der Waals surface area contributed by atoms with Gasteiger partial charge in [0.15, 0.2) is 0 Å². The van der Waals surface area contributed by atoms with Crippen molar-refractivity contribution in [3.05, 3.63) is 63.1 Å². The highest BCUT2D eigenvalue weighted by Crippen LogP contribution is 2.36. The number of thioether (sulfide) groups is 1. The number of anilines is 2. The quantitative estimate of drug-likeness (QED) is 0.172. The van der Waals surface area contributed by atoms with Crippen LogP contribution in [-0.2, 0) is 11.0 Å². The van der Waals surface area contributed by atoms with E-state index in [9.17, 15) is 18.0 Å². The molecule has 1 amide bonds. The number of nitrogens with zero attached hydrogens (tertiary/aromatic N) is 4. The molecule has 0 aliphatic carbocycles. The number of carbonyl (C=O) groups excluding carboxylic acids is 1. The van der Waals surface area contributed by atoms with Crippen LogP contribution in [0.25, 0.3) is 0 Å². The molecular formula is C18H14BrClF3N7OS. The topological polar surface area (TPSA) is 110 Å². The Morgan fingerprint density at radius 3 is 2.66 bits per heavy atom. The van der Waals surface area contributed by atoms with Gasteiger partial charge in [0, 0.05) is 10.2 Å². The summed E-state index contributed by atoms with van der Waals surface area (Å²) in [7, 11) is 0. The van der Waals surface area contributed by atoms with Crippen LogP contribution in [0, 0.1) is 0 Å². The molecule has 32 heavy (non-hydrogen) atoms. The average molecular weight is 549 g/mol. The Labute approximate surface area is 197 Å². The van der Waals surface area contributed by atoms with Gasteiger partial charge >= 0.3 is 6.18 Å². The van der Waals surface area contributed by atoms with Crippen LogP contribution < -0.4 is 16.6 Å². The molecule has 1 aromatic heterocycles. The monoisotopic (exact) mass is 547 g/mol. The van der Waals surface area contributed by atoms with Crippen molar-refractivity contribution < 1.29 is 18.0 Å². The molecule has 8 nitrogen and oxygen atoms in total. The molecule has 3 aromatic rings. The molecule has 168 valence electrons. The zero-order valence-corrected chi connectivity index (χ0v) is 19.1. The Balaban J connectivity index is 1.55. The first-order chi connectivity index (χ1) is 15.1. The van der Waals surface area contributed by atoms with E-state index in [4.69, 9.17) is 17.4 Å². The van der Waals surface area contributed by atoms with Crippen LogP contribution in [0.1, 0.15) is 11.1 Å². The number of hydrazone groups is 1. The number of halogens is 5. The fraction of sp³-hybridized carbons (Fsp3) is 0.111. The summed E-state index contributed by atoms with van der Waals surface area (Å²) in [4.78, 5) is 12.1. The van der Waals surface area contributed by atoms with E-state index in [2.05, 4.69) is 42.0 Å². The van der Waals surface area contributed by atoms with Gasteiger partial charge in [-0.1, -0.05) is 51.4 Å². The number of nitrogens with one attached hydrogen (secondary N) is 2. The van der Waals surface area contributed by atoms with Gasteiger partial charge in [-0.15, -0.1) is 10.2 Å². The smallest absolute Gasteiger partial charge is 0.334 e. The van der Waals surface area contributed by atoms with Gasteiger partial charge in [0.25, 0.3) is 5.95 Å².